The van der Waals surface area contributed by atoms with Crippen LogP contribution in [0.15, 0.2) is 6.07 Å². The Kier molecular flexibility index (Phi) is 4.13. The van der Waals surface area contributed by atoms with Gasteiger partial charge in [-0.05, 0) is 43.7 Å². The Morgan fingerprint density at radius 1 is 1.35 bits per heavy atom. The van der Waals surface area contributed by atoms with Crippen LogP contribution in [0.2, 0.25) is 0 Å². The van der Waals surface area contributed by atoms with Crippen molar-refractivity contribution in [1.29, 1.82) is 0 Å². The first-order valence-corrected chi connectivity index (χ1v) is 8.52. The molecule has 3 rings (SSSR count). The lowest BCUT2D eigenvalue weighted by Gasteiger charge is -2.31. The highest BCUT2D eigenvalue weighted by Gasteiger charge is 2.27. The van der Waals surface area contributed by atoms with E-state index in [1.165, 1.54) is 23.3 Å². The van der Waals surface area contributed by atoms with Crippen LogP contribution < -0.4 is 0 Å². The van der Waals surface area contributed by atoms with Crippen molar-refractivity contribution < 1.29 is 9.90 Å². The van der Waals surface area contributed by atoms with E-state index in [9.17, 15) is 9.90 Å². The minimum Gasteiger partial charge on any atom is -0.393 e. The van der Waals surface area contributed by atoms with E-state index in [1.807, 2.05) is 7.05 Å². The van der Waals surface area contributed by atoms with Gasteiger partial charge in [-0.15, -0.1) is 11.3 Å². The summed E-state index contributed by atoms with van der Waals surface area (Å²) in [6, 6.07) is 2.09. The lowest BCUT2D eigenvalue weighted by molar-refractivity contribution is 0.0453. The van der Waals surface area contributed by atoms with E-state index >= 15 is 0 Å². The summed E-state index contributed by atoms with van der Waals surface area (Å²) in [5.41, 5.74) is 1.38. The van der Waals surface area contributed by atoms with Crippen LogP contribution in [0.4, 0.5) is 0 Å². The van der Waals surface area contributed by atoms with Gasteiger partial charge in [0.1, 0.15) is 0 Å². The Hall–Kier alpha value is -0.870. The van der Waals surface area contributed by atoms with Crippen LogP contribution in [0.5, 0.6) is 0 Å². The zero-order valence-electron chi connectivity index (χ0n) is 12.1. The van der Waals surface area contributed by atoms with Crippen molar-refractivity contribution >= 4 is 17.2 Å². The summed E-state index contributed by atoms with van der Waals surface area (Å²) < 4.78 is 0. The van der Waals surface area contributed by atoms with Gasteiger partial charge in [-0.3, -0.25) is 4.79 Å². The smallest absolute Gasteiger partial charge is 0.263 e. The minimum absolute atomic E-state index is 0.127. The predicted molar refractivity (Wildman–Crippen MR) is 81.3 cm³/mol. The van der Waals surface area contributed by atoms with E-state index < -0.39 is 0 Å². The van der Waals surface area contributed by atoms with Crippen LogP contribution in [0.25, 0.3) is 0 Å². The molecule has 3 nitrogen and oxygen atoms in total. The molecule has 0 aromatic carbocycles. The number of carbonyl (C=O) groups excluding carboxylic acids is 1. The van der Waals surface area contributed by atoms with Crippen LogP contribution in [-0.4, -0.2) is 35.6 Å². The normalized spacial score (nSPS) is 25.5. The molecule has 110 valence electrons. The van der Waals surface area contributed by atoms with Crippen molar-refractivity contribution in [3.8, 4) is 0 Å². The molecule has 2 unspecified atom stereocenters. The van der Waals surface area contributed by atoms with Gasteiger partial charge < -0.3 is 10.0 Å². The fraction of sp³-hybridized carbons (Fsp3) is 0.688. The highest BCUT2D eigenvalue weighted by atomic mass is 32.1. The molecule has 1 heterocycles. The summed E-state index contributed by atoms with van der Waals surface area (Å²) in [7, 11) is 1.87. The SMILES string of the molecule is CN(CC1CCCCC1O)C(=O)c1cc2c(s1)CCC2. The summed E-state index contributed by atoms with van der Waals surface area (Å²) in [6.07, 6.45) is 7.50. The molecule has 1 aromatic rings. The average Bonchev–Trinajstić information content (AvgIpc) is 3.01. The van der Waals surface area contributed by atoms with Crippen molar-refractivity contribution in [3.63, 3.8) is 0 Å². The zero-order valence-corrected chi connectivity index (χ0v) is 12.9. The molecule has 1 aromatic heterocycles. The van der Waals surface area contributed by atoms with Crippen molar-refractivity contribution in [1.82, 2.24) is 4.90 Å². The number of carbonyl (C=O) groups is 1. The molecule has 2 aliphatic rings. The zero-order chi connectivity index (χ0) is 14.1. The Bertz CT molecular complexity index is 475. The quantitative estimate of drug-likeness (QED) is 0.931. The van der Waals surface area contributed by atoms with Gasteiger partial charge in [-0.2, -0.15) is 0 Å². The molecule has 0 spiro atoms. The second-order valence-electron chi connectivity index (χ2n) is 6.21. The van der Waals surface area contributed by atoms with Gasteiger partial charge in [-0.25, -0.2) is 0 Å². The average molecular weight is 293 g/mol. The number of hydrogen-bond acceptors (Lipinski definition) is 3. The third-order valence-corrected chi connectivity index (χ3v) is 5.91. The molecule has 1 fully saturated rings. The number of rotatable bonds is 3. The first kappa shape index (κ1) is 14.1. The number of aliphatic hydroxyl groups is 1. The van der Waals surface area contributed by atoms with Crippen LogP contribution in [0.3, 0.4) is 0 Å². The first-order chi connectivity index (χ1) is 9.65. The Morgan fingerprint density at radius 3 is 2.90 bits per heavy atom. The van der Waals surface area contributed by atoms with Crippen molar-refractivity contribution in [2.24, 2.45) is 5.92 Å². The van der Waals surface area contributed by atoms with Gasteiger partial charge in [-0.1, -0.05) is 12.8 Å². The molecular weight excluding hydrogens is 270 g/mol. The van der Waals surface area contributed by atoms with Gasteiger partial charge in [0.05, 0.1) is 11.0 Å². The third kappa shape index (κ3) is 2.77. The Morgan fingerprint density at radius 2 is 2.15 bits per heavy atom. The number of nitrogens with zero attached hydrogens (tertiary/aromatic N) is 1. The van der Waals surface area contributed by atoms with E-state index in [1.54, 1.807) is 16.2 Å². The summed E-state index contributed by atoms with van der Waals surface area (Å²) in [6.45, 7) is 0.683. The summed E-state index contributed by atoms with van der Waals surface area (Å²) in [4.78, 5) is 16.6. The van der Waals surface area contributed by atoms with Crippen molar-refractivity contribution in [2.45, 2.75) is 51.0 Å². The number of aryl methyl sites for hydroxylation is 2. The highest BCUT2D eigenvalue weighted by molar-refractivity contribution is 7.14. The van der Waals surface area contributed by atoms with E-state index in [0.717, 1.165) is 37.0 Å². The minimum atomic E-state index is -0.229. The molecule has 1 N–H and O–H groups in total. The third-order valence-electron chi connectivity index (χ3n) is 4.68. The number of thiophene rings is 1. The number of fused-ring (bicyclic) bond motifs is 1. The predicted octanol–water partition coefficient (Wildman–Crippen LogP) is 2.86. The molecule has 0 bridgehead atoms. The molecule has 2 aliphatic carbocycles. The summed E-state index contributed by atoms with van der Waals surface area (Å²) >= 11 is 1.67. The summed E-state index contributed by atoms with van der Waals surface area (Å²) in [5.74, 6) is 0.381. The van der Waals surface area contributed by atoms with Gasteiger partial charge >= 0.3 is 0 Å². The molecule has 1 saturated carbocycles. The first-order valence-electron chi connectivity index (χ1n) is 7.70. The van der Waals surface area contributed by atoms with Crippen LogP contribution >= 0.6 is 11.3 Å². The van der Waals surface area contributed by atoms with Crippen LogP contribution in [-0.2, 0) is 12.8 Å². The van der Waals surface area contributed by atoms with Gasteiger partial charge in [0.2, 0.25) is 0 Å². The maximum Gasteiger partial charge on any atom is 0.263 e. The fourth-order valence-corrected chi connectivity index (χ4v) is 4.71. The molecule has 0 saturated heterocycles. The second-order valence-corrected chi connectivity index (χ2v) is 7.35. The molecule has 2 atom stereocenters. The molecule has 20 heavy (non-hydrogen) atoms. The Balaban J connectivity index is 1.63. The van der Waals surface area contributed by atoms with Crippen molar-refractivity contribution in [2.75, 3.05) is 13.6 Å². The van der Waals surface area contributed by atoms with Gasteiger partial charge in [0.15, 0.2) is 0 Å². The molecular formula is C16H23NO2S. The highest BCUT2D eigenvalue weighted by Crippen LogP contribution is 2.31. The number of hydrogen-bond donors (Lipinski definition) is 1. The van der Waals surface area contributed by atoms with Crippen LogP contribution in [0, 0.1) is 5.92 Å². The standard InChI is InChI=1S/C16H23NO2S/c1-17(10-12-5-2-3-7-13(12)18)16(19)15-9-11-6-4-8-14(11)20-15/h9,12-13,18H,2-8,10H2,1H3. The molecule has 1 amide bonds. The van der Waals surface area contributed by atoms with Crippen molar-refractivity contribution in [3.05, 3.63) is 21.4 Å². The number of amides is 1. The monoisotopic (exact) mass is 293 g/mol. The lowest BCUT2D eigenvalue weighted by Crippen LogP contribution is -2.37. The molecule has 0 aliphatic heterocycles. The number of aliphatic hydroxyl groups excluding tert-OH is 1. The maximum atomic E-state index is 12.5. The fourth-order valence-electron chi connectivity index (χ4n) is 3.46. The van der Waals surface area contributed by atoms with Crippen LogP contribution in [0.1, 0.15) is 52.2 Å². The lowest BCUT2D eigenvalue weighted by atomic mass is 9.86. The molecule has 0 radical (unpaired) electrons. The van der Waals surface area contributed by atoms with E-state index in [2.05, 4.69) is 6.07 Å². The second kappa shape index (κ2) is 5.86. The topological polar surface area (TPSA) is 40.5 Å². The molecule has 4 heteroatoms. The summed E-state index contributed by atoms with van der Waals surface area (Å²) in [5, 5.41) is 10.0. The van der Waals surface area contributed by atoms with E-state index in [0.29, 0.717) is 6.54 Å². The van der Waals surface area contributed by atoms with Gasteiger partial charge in [0, 0.05) is 24.4 Å². The maximum absolute atomic E-state index is 12.5. The Labute approximate surface area is 124 Å². The van der Waals surface area contributed by atoms with Gasteiger partial charge in [0.25, 0.3) is 5.91 Å². The van der Waals surface area contributed by atoms with E-state index in [-0.39, 0.29) is 17.9 Å². The van der Waals surface area contributed by atoms with E-state index in [4.69, 9.17) is 0 Å². The largest absolute Gasteiger partial charge is 0.393 e.